The third kappa shape index (κ3) is 7.38. The minimum Gasteiger partial charge on any atom is -0.490 e. The van der Waals surface area contributed by atoms with Crippen molar-refractivity contribution in [1.82, 2.24) is 19.4 Å². The number of halogens is 3. The van der Waals surface area contributed by atoms with E-state index in [1.165, 1.54) is 30.5 Å². The van der Waals surface area contributed by atoms with Crippen LogP contribution in [0.3, 0.4) is 0 Å². The highest BCUT2D eigenvalue weighted by atomic mass is 19.4. The molecule has 0 aliphatic carbocycles. The normalized spacial score (nSPS) is 16.7. The van der Waals surface area contributed by atoms with Crippen LogP contribution >= 0.6 is 0 Å². The molecule has 0 N–H and O–H groups in total. The molecule has 2 aromatic heterocycles. The SMILES string of the molecule is O=[N+]([O-])c1cn2c(n1)O[C@H](COc1ccc3oc(N4CCN(Cc5ccc(Oc6ccc(OC(F)(F)F)cc6)cc5)CC4)nc3c1)CC2. The Morgan fingerprint density at radius 3 is 2.29 bits per heavy atom. The molecule has 0 bridgehead atoms. The van der Waals surface area contributed by atoms with E-state index in [2.05, 4.69) is 19.5 Å². The number of nitro groups is 1. The van der Waals surface area contributed by atoms with Crippen molar-refractivity contribution in [2.24, 2.45) is 0 Å². The quantitative estimate of drug-likeness (QED) is 0.125. The van der Waals surface area contributed by atoms with Crippen molar-refractivity contribution in [1.29, 1.82) is 0 Å². The molecule has 3 aromatic carbocycles. The number of benzene rings is 3. The van der Waals surface area contributed by atoms with E-state index < -0.39 is 11.3 Å². The summed E-state index contributed by atoms with van der Waals surface area (Å²) in [6.45, 7) is 4.64. The third-order valence-corrected chi connectivity index (χ3v) is 7.93. The lowest BCUT2D eigenvalue weighted by Crippen LogP contribution is -2.46. The second-order valence-electron chi connectivity index (χ2n) is 11.3. The number of hydrogen-bond donors (Lipinski definition) is 0. The van der Waals surface area contributed by atoms with Crippen LogP contribution in [0.4, 0.5) is 25.0 Å². The summed E-state index contributed by atoms with van der Waals surface area (Å²) in [5.74, 6) is 1.03. The van der Waals surface area contributed by atoms with Crippen molar-refractivity contribution in [3.63, 3.8) is 0 Å². The predicted molar refractivity (Wildman–Crippen MR) is 165 cm³/mol. The molecular formula is C32H29F3N6O7. The van der Waals surface area contributed by atoms with Crippen molar-refractivity contribution >= 4 is 22.9 Å². The Morgan fingerprint density at radius 2 is 1.58 bits per heavy atom. The maximum Gasteiger partial charge on any atom is 0.573 e. The summed E-state index contributed by atoms with van der Waals surface area (Å²) in [5, 5.41) is 11.0. The molecule has 1 atom stereocenters. The average Bonchev–Trinajstić information content (AvgIpc) is 3.70. The highest BCUT2D eigenvalue weighted by Gasteiger charge is 2.31. The summed E-state index contributed by atoms with van der Waals surface area (Å²) in [7, 11) is 0. The zero-order chi connectivity index (χ0) is 33.3. The fraction of sp³-hybridized carbons (Fsp3) is 0.312. The smallest absolute Gasteiger partial charge is 0.490 e. The lowest BCUT2D eigenvalue weighted by atomic mass is 10.2. The number of nitrogens with zero attached hydrogens (tertiary/aromatic N) is 6. The van der Waals surface area contributed by atoms with Crippen LogP contribution in [0.5, 0.6) is 29.0 Å². The monoisotopic (exact) mass is 666 g/mol. The molecule has 1 saturated heterocycles. The Kier molecular flexibility index (Phi) is 8.39. The molecule has 16 heteroatoms. The molecule has 5 aromatic rings. The zero-order valence-corrected chi connectivity index (χ0v) is 25.3. The fourth-order valence-electron chi connectivity index (χ4n) is 5.51. The van der Waals surface area contributed by atoms with Crippen LogP contribution in [0.2, 0.25) is 0 Å². The van der Waals surface area contributed by atoms with Gasteiger partial charge >= 0.3 is 18.2 Å². The van der Waals surface area contributed by atoms with E-state index >= 15 is 0 Å². The lowest BCUT2D eigenvalue weighted by Gasteiger charge is -2.33. The highest BCUT2D eigenvalue weighted by molar-refractivity contribution is 5.76. The number of imidazole rings is 1. The lowest BCUT2D eigenvalue weighted by molar-refractivity contribution is -0.389. The van der Waals surface area contributed by atoms with Crippen molar-refractivity contribution in [2.45, 2.75) is 32.0 Å². The highest BCUT2D eigenvalue weighted by Crippen LogP contribution is 2.30. The zero-order valence-electron chi connectivity index (χ0n) is 25.3. The number of anilines is 1. The van der Waals surface area contributed by atoms with Gasteiger partial charge in [0.15, 0.2) is 5.58 Å². The third-order valence-electron chi connectivity index (χ3n) is 7.93. The van der Waals surface area contributed by atoms with E-state index in [-0.39, 0.29) is 30.3 Å². The van der Waals surface area contributed by atoms with E-state index in [1.807, 2.05) is 42.5 Å². The summed E-state index contributed by atoms with van der Waals surface area (Å²) in [4.78, 5) is 23.5. The van der Waals surface area contributed by atoms with Crippen LogP contribution in [0.1, 0.15) is 12.0 Å². The van der Waals surface area contributed by atoms with Gasteiger partial charge in [0.05, 0.1) is 0 Å². The van der Waals surface area contributed by atoms with Crippen LogP contribution in [-0.4, -0.2) is 69.6 Å². The summed E-state index contributed by atoms with van der Waals surface area (Å²) in [5.41, 5.74) is 2.42. The molecule has 0 spiro atoms. The van der Waals surface area contributed by atoms with Gasteiger partial charge in [0.25, 0.3) is 6.01 Å². The Hall–Kier alpha value is -5.51. The van der Waals surface area contributed by atoms with Gasteiger partial charge in [0.1, 0.15) is 47.4 Å². The van der Waals surface area contributed by atoms with Crippen molar-refractivity contribution < 1.29 is 41.5 Å². The van der Waals surface area contributed by atoms with E-state index in [9.17, 15) is 23.3 Å². The molecule has 250 valence electrons. The Labute approximate surface area is 271 Å². The number of aromatic nitrogens is 3. The molecule has 13 nitrogen and oxygen atoms in total. The van der Waals surface area contributed by atoms with Crippen LogP contribution in [0.25, 0.3) is 11.1 Å². The first-order valence-electron chi connectivity index (χ1n) is 15.1. The number of alkyl halides is 3. The fourth-order valence-corrected chi connectivity index (χ4v) is 5.51. The Morgan fingerprint density at radius 1 is 0.896 bits per heavy atom. The molecular weight excluding hydrogens is 637 g/mol. The van der Waals surface area contributed by atoms with Gasteiger partial charge in [-0.2, -0.15) is 4.98 Å². The standard InChI is InChI=1S/C32H29F3N6O7/c33-32(34,35)48-24-7-5-23(6-8-24)45-22-3-1-21(2-4-22)18-38-13-15-39(16-14-38)30-36-27-17-25(9-10-28(27)47-30)44-20-26-11-12-40-19-29(41(42)43)37-31(40)46-26/h1-10,17,19,26H,11-16,18,20H2/t26-/m0/s1. The Bertz CT molecular complexity index is 1890. The topological polar surface area (TPSA) is 130 Å². The number of fused-ring (bicyclic) bond motifs is 2. The minimum absolute atomic E-state index is 0.217. The molecule has 2 aliphatic rings. The molecule has 1 fully saturated rings. The first kappa shape index (κ1) is 31.1. The van der Waals surface area contributed by atoms with Crippen LogP contribution in [0, 0.1) is 10.1 Å². The van der Waals surface area contributed by atoms with E-state index in [0.717, 1.165) is 38.3 Å². The maximum atomic E-state index is 12.4. The molecule has 48 heavy (non-hydrogen) atoms. The van der Waals surface area contributed by atoms with Gasteiger partial charge in [-0.3, -0.25) is 9.47 Å². The summed E-state index contributed by atoms with van der Waals surface area (Å²) < 4.78 is 66.2. The van der Waals surface area contributed by atoms with Gasteiger partial charge in [-0.15, -0.1) is 13.2 Å². The van der Waals surface area contributed by atoms with Crippen molar-refractivity contribution in [3.05, 3.63) is 88.6 Å². The second kappa shape index (κ2) is 12.9. The van der Waals surface area contributed by atoms with Gasteiger partial charge in [-0.25, -0.2) is 0 Å². The van der Waals surface area contributed by atoms with Gasteiger partial charge in [-0.05, 0) is 59.0 Å². The van der Waals surface area contributed by atoms with E-state index in [0.29, 0.717) is 47.3 Å². The molecule has 2 aliphatic heterocycles. The largest absolute Gasteiger partial charge is 0.573 e. The number of aryl methyl sites for hydroxylation is 1. The number of oxazole rings is 1. The van der Waals surface area contributed by atoms with Gasteiger partial charge < -0.3 is 38.4 Å². The maximum absolute atomic E-state index is 12.4. The van der Waals surface area contributed by atoms with Crippen molar-refractivity contribution in [2.75, 3.05) is 37.7 Å². The van der Waals surface area contributed by atoms with Gasteiger partial charge in [-0.1, -0.05) is 12.1 Å². The predicted octanol–water partition coefficient (Wildman–Crippen LogP) is 6.18. The first-order valence-corrected chi connectivity index (χ1v) is 15.1. The second-order valence-corrected chi connectivity index (χ2v) is 11.3. The molecule has 0 amide bonds. The van der Waals surface area contributed by atoms with Gasteiger partial charge in [0.2, 0.25) is 0 Å². The van der Waals surface area contributed by atoms with E-state index in [1.54, 1.807) is 4.57 Å². The van der Waals surface area contributed by atoms with Crippen LogP contribution < -0.4 is 23.8 Å². The van der Waals surface area contributed by atoms with Crippen molar-refractivity contribution in [3.8, 4) is 29.0 Å². The molecule has 7 rings (SSSR count). The molecule has 4 heterocycles. The summed E-state index contributed by atoms with van der Waals surface area (Å²) >= 11 is 0. The molecule has 0 saturated carbocycles. The number of rotatable bonds is 10. The van der Waals surface area contributed by atoms with Crippen LogP contribution in [0.15, 0.2) is 77.3 Å². The number of ether oxygens (including phenoxy) is 4. The Balaban J connectivity index is 0.878. The first-order chi connectivity index (χ1) is 23.1. The van der Waals surface area contributed by atoms with E-state index in [4.69, 9.17) is 23.6 Å². The molecule has 0 radical (unpaired) electrons. The summed E-state index contributed by atoms with van der Waals surface area (Å²) in [6, 6.07) is 19.0. The molecule has 0 unspecified atom stereocenters. The average molecular weight is 667 g/mol. The number of hydrogen-bond acceptors (Lipinski definition) is 11. The van der Waals surface area contributed by atoms with Crippen LogP contribution in [-0.2, 0) is 13.1 Å². The number of piperazine rings is 1. The van der Waals surface area contributed by atoms with Gasteiger partial charge in [0, 0.05) is 56.7 Å². The summed E-state index contributed by atoms with van der Waals surface area (Å²) in [6.07, 6.45) is -3.03. The minimum atomic E-state index is -4.74.